The Morgan fingerprint density at radius 1 is 1.25 bits per heavy atom. The molecule has 0 aliphatic rings. The number of carbonyl (C=O) groups excluding carboxylic acids is 2. The molecule has 0 aliphatic carbocycles. The number of ether oxygens (including phenoxy) is 1. The molecule has 0 unspecified atom stereocenters. The molecule has 0 aromatic heterocycles. The Morgan fingerprint density at radius 3 is 2.60 bits per heavy atom. The van der Waals surface area contributed by atoms with Crippen LogP contribution in [0.25, 0.3) is 0 Å². The van der Waals surface area contributed by atoms with E-state index in [2.05, 4.69) is 10.6 Å². The summed E-state index contributed by atoms with van der Waals surface area (Å²) < 4.78 is 4.80. The van der Waals surface area contributed by atoms with Crippen molar-refractivity contribution in [1.82, 2.24) is 10.6 Å². The van der Waals surface area contributed by atoms with Crippen molar-refractivity contribution in [2.24, 2.45) is 5.73 Å². The van der Waals surface area contributed by atoms with E-state index in [1.165, 1.54) is 0 Å². The van der Waals surface area contributed by atoms with Gasteiger partial charge in [-0.25, -0.2) is 0 Å². The predicted molar refractivity (Wildman–Crippen MR) is 76.0 cm³/mol. The maximum atomic E-state index is 11.7. The van der Waals surface area contributed by atoms with Crippen molar-refractivity contribution < 1.29 is 14.3 Å². The molecule has 1 rings (SSSR count). The average molecular weight is 279 g/mol. The maximum Gasteiger partial charge on any atom is 0.239 e. The summed E-state index contributed by atoms with van der Waals surface area (Å²) in [5.41, 5.74) is 6.78. The predicted octanol–water partition coefficient (Wildman–Crippen LogP) is -0.565. The zero-order chi connectivity index (χ0) is 14.8. The number of rotatable bonds is 8. The van der Waals surface area contributed by atoms with Gasteiger partial charge in [-0.2, -0.15) is 0 Å². The van der Waals surface area contributed by atoms with Gasteiger partial charge in [0.15, 0.2) is 0 Å². The van der Waals surface area contributed by atoms with E-state index in [9.17, 15) is 9.59 Å². The lowest BCUT2D eigenvalue weighted by Gasteiger charge is -2.12. The monoisotopic (exact) mass is 279 g/mol. The molecule has 0 heterocycles. The Morgan fingerprint density at radius 2 is 1.95 bits per heavy atom. The minimum absolute atomic E-state index is 0.0783. The van der Waals surface area contributed by atoms with E-state index in [0.717, 1.165) is 5.56 Å². The van der Waals surface area contributed by atoms with Gasteiger partial charge in [0.05, 0.1) is 19.2 Å². The second-order valence-electron chi connectivity index (χ2n) is 4.36. The molecule has 0 saturated carbocycles. The van der Waals surface area contributed by atoms with Crippen molar-refractivity contribution in [2.75, 3.05) is 26.8 Å². The molecule has 0 saturated heterocycles. The number of nitrogens with one attached hydrogen (secondary N) is 2. The summed E-state index contributed by atoms with van der Waals surface area (Å²) in [6.07, 6.45) is 0.442. The zero-order valence-electron chi connectivity index (χ0n) is 11.6. The fourth-order valence-electron chi connectivity index (χ4n) is 1.61. The summed E-state index contributed by atoms with van der Waals surface area (Å²) in [7, 11) is 1.55. The number of hydrogen-bond acceptors (Lipinski definition) is 4. The summed E-state index contributed by atoms with van der Waals surface area (Å²) in [5.74, 6) is -0.599. The van der Waals surface area contributed by atoms with Gasteiger partial charge in [0.25, 0.3) is 0 Å². The fourth-order valence-corrected chi connectivity index (χ4v) is 1.61. The SMILES string of the molecule is COCCNC(=O)CNC(=O)[C@@H](N)Cc1ccccc1. The Hall–Kier alpha value is -1.92. The quantitative estimate of drug-likeness (QED) is 0.556. The molecule has 2 amide bonds. The second kappa shape index (κ2) is 9.06. The summed E-state index contributed by atoms with van der Waals surface area (Å²) in [6, 6.07) is 8.84. The first-order chi connectivity index (χ1) is 9.63. The van der Waals surface area contributed by atoms with E-state index in [-0.39, 0.29) is 18.4 Å². The van der Waals surface area contributed by atoms with Crippen molar-refractivity contribution in [3.05, 3.63) is 35.9 Å². The highest BCUT2D eigenvalue weighted by Crippen LogP contribution is 2.01. The number of methoxy groups -OCH3 is 1. The van der Waals surface area contributed by atoms with Gasteiger partial charge in [0, 0.05) is 13.7 Å². The smallest absolute Gasteiger partial charge is 0.239 e. The lowest BCUT2D eigenvalue weighted by molar-refractivity contribution is -0.126. The first-order valence-corrected chi connectivity index (χ1v) is 6.46. The Kier molecular flexibility index (Phi) is 7.31. The molecule has 110 valence electrons. The molecule has 0 bridgehead atoms. The van der Waals surface area contributed by atoms with Crippen LogP contribution in [0.1, 0.15) is 5.56 Å². The number of carbonyl (C=O) groups is 2. The third kappa shape index (κ3) is 6.31. The Balaban J connectivity index is 2.26. The van der Waals surface area contributed by atoms with Crippen LogP contribution < -0.4 is 16.4 Å². The minimum atomic E-state index is -0.663. The molecule has 20 heavy (non-hydrogen) atoms. The Bertz CT molecular complexity index is 423. The van der Waals surface area contributed by atoms with Gasteiger partial charge in [-0.15, -0.1) is 0 Å². The van der Waals surface area contributed by atoms with Crippen LogP contribution in [-0.4, -0.2) is 44.7 Å². The minimum Gasteiger partial charge on any atom is -0.383 e. The van der Waals surface area contributed by atoms with Crippen LogP contribution in [0.2, 0.25) is 0 Å². The number of benzene rings is 1. The van der Waals surface area contributed by atoms with E-state index in [4.69, 9.17) is 10.5 Å². The van der Waals surface area contributed by atoms with Crippen LogP contribution in [0, 0.1) is 0 Å². The van der Waals surface area contributed by atoms with Gasteiger partial charge in [0.1, 0.15) is 0 Å². The van der Waals surface area contributed by atoms with Gasteiger partial charge in [-0.05, 0) is 12.0 Å². The van der Waals surface area contributed by atoms with Gasteiger partial charge in [-0.3, -0.25) is 9.59 Å². The molecule has 0 aliphatic heterocycles. The lowest BCUT2D eigenvalue weighted by atomic mass is 10.1. The van der Waals surface area contributed by atoms with Gasteiger partial charge < -0.3 is 21.1 Å². The van der Waals surface area contributed by atoms with Gasteiger partial charge in [0.2, 0.25) is 11.8 Å². The van der Waals surface area contributed by atoms with Crippen LogP contribution >= 0.6 is 0 Å². The van der Waals surface area contributed by atoms with Crippen LogP contribution in [-0.2, 0) is 20.7 Å². The van der Waals surface area contributed by atoms with E-state index < -0.39 is 6.04 Å². The van der Waals surface area contributed by atoms with Crippen LogP contribution in [0.15, 0.2) is 30.3 Å². The standard InChI is InChI=1S/C14H21N3O3/c1-20-8-7-16-13(18)10-17-14(19)12(15)9-11-5-3-2-4-6-11/h2-6,12H,7-10,15H2,1H3,(H,16,18)(H,17,19)/t12-/m0/s1. The highest BCUT2D eigenvalue weighted by atomic mass is 16.5. The second-order valence-corrected chi connectivity index (χ2v) is 4.36. The van der Waals surface area contributed by atoms with Crippen LogP contribution in [0.4, 0.5) is 0 Å². The van der Waals surface area contributed by atoms with Crippen molar-refractivity contribution in [2.45, 2.75) is 12.5 Å². The molecular formula is C14H21N3O3. The van der Waals surface area contributed by atoms with Gasteiger partial charge in [-0.1, -0.05) is 30.3 Å². The average Bonchev–Trinajstić information content (AvgIpc) is 2.46. The van der Waals surface area contributed by atoms with Crippen molar-refractivity contribution >= 4 is 11.8 Å². The van der Waals surface area contributed by atoms with Crippen molar-refractivity contribution in [3.8, 4) is 0 Å². The number of hydrogen-bond donors (Lipinski definition) is 3. The van der Waals surface area contributed by atoms with Gasteiger partial charge >= 0.3 is 0 Å². The van der Waals surface area contributed by atoms with Crippen LogP contribution in [0.3, 0.4) is 0 Å². The van der Waals surface area contributed by atoms with Crippen molar-refractivity contribution in [1.29, 1.82) is 0 Å². The molecule has 6 heteroatoms. The molecule has 1 aromatic carbocycles. The highest BCUT2D eigenvalue weighted by molar-refractivity contribution is 5.87. The van der Waals surface area contributed by atoms with E-state index in [0.29, 0.717) is 19.6 Å². The number of nitrogens with two attached hydrogens (primary N) is 1. The van der Waals surface area contributed by atoms with Crippen LogP contribution in [0.5, 0.6) is 0 Å². The molecule has 0 radical (unpaired) electrons. The lowest BCUT2D eigenvalue weighted by Crippen LogP contribution is -2.46. The molecule has 6 nitrogen and oxygen atoms in total. The van der Waals surface area contributed by atoms with E-state index in [1.54, 1.807) is 7.11 Å². The molecule has 0 spiro atoms. The largest absolute Gasteiger partial charge is 0.383 e. The third-order valence-corrected chi connectivity index (χ3v) is 2.69. The highest BCUT2D eigenvalue weighted by Gasteiger charge is 2.14. The fraction of sp³-hybridized carbons (Fsp3) is 0.429. The summed E-state index contributed by atoms with van der Waals surface area (Å²) in [5, 5.41) is 5.12. The third-order valence-electron chi connectivity index (χ3n) is 2.69. The van der Waals surface area contributed by atoms with Crippen molar-refractivity contribution in [3.63, 3.8) is 0 Å². The zero-order valence-corrected chi connectivity index (χ0v) is 11.6. The molecule has 0 fully saturated rings. The first kappa shape index (κ1) is 16.1. The van der Waals surface area contributed by atoms with E-state index >= 15 is 0 Å². The number of amides is 2. The molecule has 1 aromatic rings. The topological polar surface area (TPSA) is 93.5 Å². The maximum absolute atomic E-state index is 11.7. The summed E-state index contributed by atoms with van der Waals surface area (Å²) >= 11 is 0. The summed E-state index contributed by atoms with van der Waals surface area (Å²) in [4.78, 5) is 23.1. The molecule has 1 atom stereocenters. The molecular weight excluding hydrogens is 258 g/mol. The summed E-state index contributed by atoms with van der Waals surface area (Å²) in [6.45, 7) is 0.777. The normalized spacial score (nSPS) is 11.7. The Labute approximate surface area is 118 Å². The molecule has 4 N–H and O–H groups in total. The first-order valence-electron chi connectivity index (χ1n) is 6.46. The van der Waals surface area contributed by atoms with E-state index in [1.807, 2.05) is 30.3 Å².